The molecule has 0 saturated heterocycles. The topological polar surface area (TPSA) is 37.3 Å². The zero-order valence-electron chi connectivity index (χ0n) is 7.42. The highest BCUT2D eigenvalue weighted by molar-refractivity contribution is 6.00. The van der Waals surface area contributed by atoms with Gasteiger partial charge in [-0.25, -0.2) is 0 Å². The summed E-state index contributed by atoms with van der Waals surface area (Å²) in [6.07, 6.45) is 3.47. The van der Waals surface area contributed by atoms with E-state index in [2.05, 4.69) is 0 Å². The zero-order chi connectivity index (χ0) is 9.26. The van der Waals surface area contributed by atoms with Crippen molar-refractivity contribution >= 4 is 5.78 Å². The van der Waals surface area contributed by atoms with Gasteiger partial charge in [0.25, 0.3) is 0 Å². The molecule has 0 unspecified atom stereocenters. The maximum absolute atomic E-state index is 11.6. The number of phenolic OH excluding ortho intramolecular Hbond substituents is 1. The molecule has 1 aliphatic rings. The van der Waals surface area contributed by atoms with E-state index in [1.54, 1.807) is 12.1 Å². The van der Waals surface area contributed by atoms with Gasteiger partial charge in [0.05, 0.1) is 5.56 Å². The van der Waals surface area contributed by atoms with Crippen molar-refractivity contribution in [3.8, 4) is 5.75 Å². The number of benzene rings is 1. The minimum absolute atomic E-state index is 0.0885. The predicted octanol–water partition coefficient (Wildman–Crippen LogP) is 2.30. The van der Waals surface area contributed by atoms with E-state index in [0.29, 0.717) is 12.0 Å². The Morgan fingerprint density at radius 1 is 1.15 bits per heavy atom. The van der Waals surface area contributed by atoms with Gasteiger partial charge in [-0.2, -0.15) is 0 Å². The standard InChI is InChI=1S/C11H12O2/c12-9-6-2-1-4-8-5-3-7-10(13)11(8)9/h3,5,7,13H,1-2,4,6H2. The highest BCUT2D eigenvalue weighted by Gasteiger charge is 2.18. The molecule has 2 nitrogen and oxygen atoms in total. The molecule has 0 spiro atoms. The molecule has 0 saturated carbocycles. The third-order valence-electron chi connectivity index (χ3n) is 2.51. The second kappa shape index (κ2) is 3.21. The zero-order valence-corrected chi connectivity index (χ0v) is 7.42. The molecule has 0 amide bonds. The molecule has 1 aromatic rings. The normalized spacial score (nSPS) is 16.5. The smallest absolute Gasteiger partial charge is 0.166 e. The summed E-state index contributed by atoms with van der Waals surface area (Å²) in [4.78, 5) is 11.6. The Kier molecular flexibility index (Phi) is 2.05. The van der Waals surface area contributed by atoms with Crippen molar-refractivity contribution in [3.63, 3.8) is 0 Å². The lowest BCUT2D eigenvalue weighted by Gasteiger charge is -2.05. The largest absolute Gasteiger partial charge is 0.507 e. The Morgan fingerprint density at radius 3 is 2.77 bits per heavy atom. The first-order valence-electron chi connectivity index (χ1n) is 4.63. The molecule has 13 heavy (non-hydrogen) atoms. The predicted molar refractivity (Wildman–Crippen MR) is 50.0 cm³/mol. The van der Waals surface area contributed by atoms with Gasteiger partial charge in [-0.05, 0) is 30.9 Å². The number of ketones is 1. The average molecular weight is 176 g/mol. The minimum atomic E-state index is 0.0885. The number of carbonyl (C=O) groups is 1. The first-order chi connectivity index (χ1) is 6.29. The van der Waals surface area contributed by atoms with Crippen molar-refractivity contribution in [1.29, 1.82) is 0 Å². The Morgan fingerprint density at radius 2 is 1.92 bits per heavy atom. The van der Waals surface area contributed by atoms with Gasteiger partial charge in [0.1, 0.15) is 5.75 Å². The summed E-state index contributed by atoms with van der Waals surface area (Å²) in [6, 6.07) is 5.31. The number of Topliss-reactive ketones (excluding diaryl/α,β-unsaturated/α-hetero) is 1. The summed E-state index contributed by atoms with van der Waals surface area (Å²) in [5.41, 5.74) is 1.56. The maximum Gasteiger partial charge on any atom is 0.166 e. The molecule has 1 aromatic carbocycles. The summed E-state index contributed by atoms with van der Waals surface area (Å²) in [5, 5.41) is 9.53. The summed E-state index contributed by atoms with van der Waals surface area (Å²) in [6.45, 7) is 0. The Balaban J connectivity index is 2.55. The van der Waals surface area contributed by atoms with Crippen LogP contribution in [0, 0.1) is 0 Å². The van der Waals surface area contributed by atoms with Crippen LogP contribution in [0.15, 0.2) is 18.2 Å². The molecule has 68 valence electrons. The van der Waals surface area contributed by atoms with Gasteiger partial charge >= 0.3 is 0 Å². The number of hydrogen-bond donors (Lipinski definition) is 1. The van der Waals surface area contributed by atoms with Crippen LogP contribution in [0.3, 0.4) is 0 Å². The van der Waals surface area contributed by atoms with Gasteiger partial charge < -0.3 is 5.11 Å². The number of hydrogen-bond acceptors (Lipinski definition) is 2. The summed E-state index contributed by atoms with van der Waals surface area (Å²) in [7, 11) is 0. The van der Waals surface area contributed by atoms with Gasteiger partial charge in [0.15, 0.2) is 5.78 Å². The maximum atomic E-state index is 11.6. The molecule has 0 aromatic heterocycles. The molecule has 0 atom stereocenters. The molecule has 0 fully saturated rings. The lowest BCUT2D eigenvalue weighted by molar-refractivity contribution is 0.0979. The van der Waals surface area contributed by atoms with Crippen molar-refractivity contribution in [1.82, 2.24) is 0 Å². The number of phenols is 1. The molecule has 0 bridgehead atoms. The lowest BCUT2D eigenvalue weighted by atomic mass is 10.0. The molecule has 1 aliphatic carbocycles. The molecule has 0 heterocycles. The van der Waals surface area contributed by atoms with Crippen LogP contribution in [0.2, 0.25) is 0 Å². The highest BCUT2D eigenvalue weighted by atomic mass is 16.3. The highest BCUT2D eigenvalue weighted by Crippen LogP contribution is 2.27. The molecular weight excluding hydrogens is 164 g/mol. The third-order valence-corrected chi connectivity index (χ3v) is 2.51. The van der Waals surface area contributed by atoms with Gasteiger partial charge in [-0.3, -0.25) is 4.79 Å². The Hall–Kier alpha value is -1.31. The van der Waals surface area contributed by atoms with Crippen molar-refractivity contribution in [2.75, 3.05) is 0 Å². The van der Waals surface area contributed by atoms with E-state index < -0.39 is 0 Å². The summed E-state index contributed by atoms with van der Waals surface area (Å²) >= 11 is 0. The monoisotopic (exact) mass is 176 g/mol. The van der Waals surface area contributed by atoms with Crippen LogP contribution >= 0.6 is 0 Å². The minimum Gasteiger partial charge on any atom is -0.507 e. The second-order valence-corrected chi connectivity index (χ2v) is 3.44. The first kappa shape index (κ1) is 8.30. The van der Waals surface area contributed by atoms with E-state index in [9.17, 15) is 9.90 Å². The van der Waals surface area contributed by atoms with Crippen LogP contribution in [0.5, 0.6) is 5.75 Å². The van der Waals surface area contributed by atoms with Crippen molar-refractivity contribution in [2.24, 2.45) is 0 Å². The summed E-state index contributed by atoms with van der Waals surface area (Å²) in [5.74, 6) is 0.231. The Bertz CT molecular complexity index is 342. The van der Waals surface area contributed by atoms with Gasteiger partial charge in [0, 0.05) is 6.42 Å². The van der Waals surface area contributed by atoms with E-state index >= 15 is 0 Å². The SMILES string of the molecule is O=C1CCCCc2cccc(O)c21. The van der Waals surface area contributed by atoms with Gasteiger partial charge in [-0.1, -0.05) is 12.1 Å². The molecule has 2 rings (SSSR count). The van der Waals surface area contributed by atoms with Crippen LogP contribution in [-0.4, -0.2) is 10.9 Å². The second-order valence-electron chi connectivity index (χ2n) is 3.44. The molecule has 2 heteroatoms. The molecule has 1 N–H and O–H groups in total. The first-order valence-corrected chi connectivity index (χ1v) is 4.63. The lowest BCUT2D eigenvalue weighted by Crippen LogP contribution is -2.00. The van der Waals surface area contributed by atoms with E-state index in [1.165, 1.54) is 0 Å². The van der Waals surface area contributed by atoms with E-state index in [4.69, 9.17) is 0 Å². The van der Waals surface area contributed by atoms with Crippen molar-refractivity contribution < 1.29 is 9.90 Å². The fourth-order valence-electron chi connectivity index (χ4n) is 1.84. The van der Waals surface area contributed by atoms with Crippen LogP contribution < -0.4 is 0 Å². The molecule has 0 aliphatic heterocycles. The van der Waals surface area contributed by atoms with Crippen molar-refractivity contribution in [2.45, 2.75) is 25.7 Å². The van der Waals surface area contributed by atoms with Gasteiger partial charge in [0.2, 0.25) is 0 Å². The van der Waals surface area contributed by atoms with Gasteiger partial charge in [-0.15, -0.1) is 0 Å². The molecule has 0 radical (unpaired) electrons. The third kappa shape index (κ3) is 1.44. The molecular formula is C11H12O2. The van der Waals surface area contributed by atoms with Crippen LogP contribution in [0.4, 0.5) is 0 Å². The van der Waals surface area contributed by atoms with Crippen molar-refractivity contribution in [3.05, 3.63) is 29.3 Å². The Labute approximate surface area is 77.2 Å². The van der Waals surface area contributed by atoms with E-state index in [-0.39, 0.29) is 11.5 Å². The number of fused-ring (bicyclic) bond motifs is 1. The number of carbonyl (C=O) groups excluding carboxylic acids is 1. The average Bonchev–Trinajstić information content (AvgIpc) is 2.29. The van der Waals surface area contributed by atoms with E-state index in [0.717, 1.165) is 24.8 Å². The van der Waals surface area contributed by atoms with Crippen LogP contribution in [0.25, 0.3) is 0 Å². The number of rotatable bonds is 0. The summed E-state index contributed by atoms with van der Waals surface area (Å²) < 4.78 is 0. The number of aryl methyl sites for hydroxylation is 1. The van der Waals surface area contributed by atoms with E-state index in [1.807, 2.05) is 6.07 Å². The fraction of sp³-hybridized carbons (Fsp3) is 0.364. The quantitative estimate of drug-likeness (QED) is 0.616. The van der Waals surface area contributed by atoms with Crippen LogP contribution in [0.1, 0.15) is 35.2 Å². The number of aromatic hydroxyl groups is 1. The van der Waals surface area contributed by atoms with Crippen LogP contribution in [-0.2, 0) is 6.42 Å². The fourth-order valence-corrected chi connectivity index (χ4v) is 1.84.